The van der Waals surface area contributed by atoms with E-state index in [0.717, 1.165) is 5.69 Å². The fourth-order valence-electron chi connectivity index (χ4n) is 1.42. The van der Waals surface area contributed by atoms with E-state index in [-0.39, 0.29) is 6.09 Å². The molecule has 0 saturated carbocycles. The van der Waals surface area contributed by atoms with E-state index in [1.165, 1.54) is 11.1 Å². The Morgan fingerprint density at radius 3 is 3.36 bits per heavy atom. The van der Waals surface area contributed by atoms with E-state index in [4.69, 9.17) is 4.74 Å². The van der Waals surface area contributed by atoms with Gasteiger partial charge in [-0.05, 0) is 12.1 Å². The second kappa shape index (κ2) is 3.57. The molecule has 0 saturated heterocycles. The average Bonchev–Trinajstić information content (AvgIpc) is 2.61. The van der Waals surface area contributed by atoms with E-state index >= 15 is 0 Å². The zero-order chi connectivity index (χ0) is 9.97. The van der Waals surface area contributed by atoms with Gasteiger partial charge >= 0.3 is 6.09 Å². The van der Waals surface area contributed by atoms with Crippen molar-refractivity contribution in [3.05, 3.63) is 11.9 Å². The minimum atomic E-state index is -0.346. The van der Waals surface area contributed by atoms with Gasteiger partial charge in [0.25, 0.3) is 0 Å². The highest BCUT2D eigenvalue weighted by Gasteiger charge is 2.27. The van der Waals surface area contributed by atoms with Crippen LogP contribution < -0.4 is 4.90 Å². The first-order valence-electron chi connectivity index (χ1n) is 4.44. The molecule has 6 nitrogen and oxygen atoms in total. The van der Waals surface area contributed by atoms with Crippen molar-refractivity contribution in [2.45, 2.75) is 13.3 Å². The summed E-state index contributed by atoms with van der Waals surface area (Å²) in [5.41, 5.74) is 1.51. The smallest absolute Gasteiger partial charge is 0.414 e. The van der Waals surface area contributed by atoms with Gasteiger partial charge in [0.1, 0.15) is 0 Å². The molecule has 0 aliphatic carbocycles. The quantitative estimate of drug-likeness (QED) is 0.646. The number of hydrogen-bond acceptors (Lipinski definition) is 5. The summed E-state index contributed by atoms with van der Waals surface area (Å²) in [6, 6.07) is 0. The van der Waals surface area contributed by atoms with Crippen molar-refractivity contribution in [1.82, 2.24) is 15.4 Å². The Balaban J connectivity index is 2.21. The molecule has 74 valence electrons. The number of hydrogen-bond donors (Lipinski definition) is 0. The van der Waals surface area contributed by atoms with Gasteiger partial charge in [-0.25, -0.2) is 4.79 Å². The van der Waals surface area contributed by atoms with Gasteiger partial charge in [0.2, 0.25) is 0 Å². The van der Waals surface area contributed by atoms with Gasteiger partial charge in [-0.2, -0.15) is 0 Å². The molecule has 1 aromatic rings. The molecule has 0 unspecified atom stereocenters. The molecule has 0 radical (unpaired) electrons. The lowest BCUT2D eigenvalue weighted by Crippen LogP contribution is -2.29. The van der Waals surface area contributed by atoms with Crippen LogP contribution in [0.15, 0.2) is 6.20 Å². The van der Waals surface area contributed by atoms with Crippen molar-refractivity contribution in [1.29, 1.82) is 0 Å². The minimum Gasteiger partial charge on any atom is -0.449 e. The first-order chi connectivity index (χ1) is 6.83. The molecule has 2 rings (SSSR count). The normalized spacial score (nSPS) is 13.9. The Morgan fingerprint density at radius 2 is 2.57 bits per heavy atom. The van der Waals surface area contributed by atoms with Crippen LogP contribution in [0.2, 0.25) is 0 Å². The second-order valence-electron chi connectivity index (χ2n) is 2.87. The molecule has 0 fully saturated rings. The molecular weight excluding hydrogens is 184 g/mol. The second-order valence-corrected chi connectivity index (χ2v) is 2.87. The standard InChI is InChI=1S/C8H10N4O2/c1-2-14-8(13)12-4-3-6-7(12)5-9-11-10-6/h5H,2-4H2,1H3. The maximum Gasteiger partial charge on any atom is 0.414 e. The molecule has 0 atom stereocenters. The topological polar surface area (TPSA) is 68.2 Å². The van der Waals surface area contributed by atoms with Crippen LogP contribution in [0.4, 0.5) is 10.5 Å². The number of fused-ring (bicyclic) bond motifs is 1. The Bertz CT molecular complexity index is 355. The van der Waals surface area contributed by atoms with Gasteiger partial charge in [0, 0.05) is 13.0 Å². The fourth-order valence-corrected chi connectivity index (χ4v) is 1.42. The van der Waals surface area contributed by atoms with Gasteiger partial charge in [0.15, 0.2) is 0 Å². The molecule has 1 aromatic heterocycles. The number of nitrogens with zero attached hydrogens (tertiary/aromatic N) is 4. The molecule has 1 aliphatic heterocycles. The Kier molecular flexibility index (Phi) is 2.26. The minimum absolute atomic E-state index is 0.346. The predicted molar refractivity (Wildman–Crippen MR) is 47.9 cm³/mol. The molecule has 0 spiro atoms. The number of ether oxygens (including phenoxy) is 1. The number of rotatable bonds is 1. The van der Waals surface area contributed by atoms with E-state index < -0.39 is 0 Å². The van der Waals surface area contributed by atoms with E-state index in [1.807, 2.05) is 0 Å². The summed E-state index contributed by atoms with van der Waals surface area (Å²) in [7, 11) is 0. The first kappa shape index (κ1) is 8.86. The van der Waals surface area contributed by atoms with Crippen LogP contribution in [0, 0.1) is 0 Å². The largest absolute Gasteiger partial charge is 0.449 e. The van der Waals surface area contributed by atoms with E-state index in [0.29, 0.717) is 25.3 Å². The van der Waals surface area contributed by atoms with E-state index in [9.17, 15) is 4.79 Å². The summed E-state index contributed by atoms with van der Waals surface area (Å²) in [6.45, 7) is 2.74. The zero-order valence-electron chi connectivity index (χ0n) is 7.80. The van der Waals surface area contributed by atoms with Gasteiger partial charge < -0.3 is 4.74 Å². The molecule has 1 aliphatic rings. The highest BCUT2D eigenvalue weighted by molar-refractivity contribution is 5.89. The number of anilines is 1. The van der Waals surface area contributed by atoms with Crippen LogP contribution in [0.3, 0.4) is 0 Å². The Morgan fingerprint density at radius 1 is 1.71 bits per heavy atom. The third-order valence-corrected chi connectivity index (χ3v) is 2.04. The number of aromatic nitrogens is 3. The highest BCUT2D eigenvalue weighted by Crippen LogP contribution is 2.24. The summed E-state index contributed by atoms with van der Waals surface area (Å²) in [5, 5.41) is 11.0. The predicted octanol–water partition coefficient (Wildman–Crippen LogP) is 0.391. The molecule has 0 aromatic carbocycles. The zero-order valence-corrected chi connectivity index (χ0v) is 7.80. The van der Waals surface area contributed by atoms with Gasteiger partial charge in [-0.3, -0.25) is 4.90 Å². The molecule has 0 bridgehead atoms. The summed E-state index contributed by atoms with van der Waals surface area (Å²) >= 11 is 0. The van der Waals surface area contributed by atoms with E-state index in [2.05, 4.69) is 15.4 Å². The molecule has 2 heterocycles. The van der Waals surface area contributed by atoms with Crippen LogP contribution in [0.25, 0.3) is 0 Å². The number of carbonyl (C=O) groups excluding carboxylic acids is 1. The van der Waals surface area contributed by atoms with Gasteiger partial charge in [-0.15, -0.1) is 10.2 Å². The van der Waals surface area contributed by atoms with Crippen LogP contribution in [-0.2, 0) is 11.2 Å². The van der Waals surface area contributed by atoms with Crippen molar-refractivity contribution < 1.29 is 9.53 Å². The van der Waals surface area contributed by atoms with Crippen LogP contribution in [-0.4, -0.2) is 34.7 Å². The first-order valence-corrected chi connectivity index (χ1v) is 4.44. The van der Waals surface area contributed by atoms with Gasteiger partial charge in [0.05, 0.1) is 24.2 Å². The average molecular weight is 194 g/mol. The van der Waals surface area contributed by atoms with Crippen molar-refractivity contribution in [2.24, 2.45) is 0 Å². The fraction of sp³-hybridized carbons (Fsp3) is 0.500. The maximum atomic E-state index is 11.4. The molecule has 14 heavy (non-hydrogen) atoms. The summed E-state index contributed by atoms with van der Waals surface area (Å²) < 4.78 is 4.89. The third-order valence-electron chi connectivity index (χ3n) is 2.04. The van der Waals surface area contributed by atoms with Crippen LogP contribution in [0.1, 0.15) is 12.6 Å². The van der Waals surface area contributed by atoms with Crippen molar-refractivity contribution in [3.8, 4) is 0 Å². The third kappa shape index (κ3) is 1.39. The summed E-state index contributed by atoms with van der Waals surface area (Å²) in [4.78, 5) is 13.0. The monoisotopic (exact) mass is 194 g/mol. The van der Waals surface area contributed by atoms with Crippen LogP contribution in [0.5, 0.6) is 0 Å². The van der Waals surface area contributed by atoms with Gasteiger partial charge in [-0.1, -0.05) is 0 Å². The highest BCUT2D eigenvalue weighted by atomic mass is 16.6. The SMILES string of the molecule is CCOC(=O)N1CCc2nnncc21. The van der Waals surface area contributed by atoms with Crippen molar-refractivity contribution >= 4 is 11.8 Å². The number of amides is 1. The lowest BCUT2D eigenvalue weighted by Gasteiger charge is -2.14. The van der Waals surface area contributed by atoms with Crippen molar-refractivity contribution in [3.63, 3.8) is 0 Å². The molecule has 6 heteroatoms. The van der Waals surface area contributed by atoms with Crippen molar-refractivity contribution in [2.75, 3.05) is 18.1 Å². The summed E-state index contributed by atoms with van der Waals surface area (Å²) in [5.74, 6) is 0. The number of carbonyl (C=O) groups is 1. The Hall–Kier alpha value is -1.72. The lowest BCUT2D eigenvalue weighted by atomic mass is 10.3. The lowest BCUT2D eigenvalue weighted by molar-refractivity contribution is 0.160. The van der Waals surface area contributed by atoms with Crippen LogP contribution >= 0.6 is 0 Å². The Labute approximate surface area is 80.9 Å². The summed E-state index contributed by atoms with van der Waals surface area (Å²) in [6.07, 6.45) is 1.90. The molecular formula is C8H10N4O2. The van der Waals surface area contributed by atoms with E-state index in [1.54, 1.807) is 6.92 Å². The molecule has 1 amide bonds. The maximum absolute atomic E-state index is 11.4. The molecule has 0 N–H and O–H groups in total.